The van der Waals surface area contributed by atoms with Crippen LogP contribution in [0.2, 0.25) is 0 Å². The quantitative estimate of drug-likeness (QED) is 0.234. The number of benzene rings is 3. The van der Waals surface area contributed by atoms with Crippen molar-refractivity contribution in [3.63, 3.8) is 0 Å². The van der Waals surface area contributed by atoms with E-state index in [0.29, 0.717) is 30.6 Å². The minimum atomic E-state index is -0.840. The van der Waals surface area contributed by atoms with Crippen LogP contribution in [0, 0.1) is 6.92 Å². The Hall–Kier alpha value is -3.85. The standard InChI is InChI=1S/C32H36N4O3S/c1-22-21-40-30(34-22)20-36(3)32(39)27-16-10-15-26(18-27)31(38)35-28(17-24-11-6-4-7-12-24)29(37)19-33-23(2)25-13-8-5-9-14-25/h4-16,18,21,23,28-29,33,37H,17,19-20H2,1-3H3,(H,35,38)/t23-,28+,29-/m1/s1. The molecule has 0 aliphatic rings. The lowest BCUT2D eigenvalue weighted by atomic mass is 9.99. The molecule has 3 aromatic carbocycles. The summed E-state index contributed by atoms with van der Waals surface area (Å²) in [6.45, 7) is 4.66. The number of thiazole rings is 1. The number of carbonyl (C=O) groups excluding carboxylic acids is 2. The van der Waals surface area contributed by atoms with Crippen LogP contribution in [0.15, 0.2) is 90.3 Å². The van der Waals surface area contributed by atoms with Gasteiger partial charge in [0.25, 0.3) is 11.8 Å². The van der Waals surface area contributed by atoms with E-state index < -0.39 is 12.1 Å². The normalized spacial score (nSPS) is 13.3. The zero-order valence-electron chi connectivity index (χ0n) is 23.1. The Morgan fingerprint density at radius 1 is 0.975 bits per heavy atom. The Bertz CT molecular complexity index is 1390. The van der Waals surface area contributed by atoms with E-state index in [1.165, 1.54) is 11.3 Å². The smallest absolute Gasteiger partial charge is 0.253 e. The fourth-order valence-electron chi connectivity index (χ4n) is 4.47. The molecule has 0 saturated heterocycles. The van der Waals surface area contributed by atoms with Crippen molar-refractivity contribution < 1.29 is 14.7 Å². The van der Waals surface area contributed by atoms with Crippen molar-refractivity contribution in [2.24, 2.45) is 0 Å². The molecule has 3 atom stereocenters. The van der Waals surface area contributed by atoms with Gasteiger partial charge in [-0.25, -0.2) is 4.98 Å². The third-order valence-corrected chi connectivity index (χ3v) is 7.72. The van der Waals surface area contributed by atoms with Crippen LogP contribution in [-0.2, 0) is 13.0 Å². The van der Waals surface area contributed by atoms with Gasteiger partial charge in [0.1, 0.15) is 5.01 Å². The molecule has 40 heavy (non-hydrogen) atoms. The summed E-state index contributed by atoms with van der Waals surface area (Å²) in [6.07, 6.45) is -0.378. The Morgan fingerprint density at radius 3 is 2.33 bits per heavy atom. The lowest BCUT2D eigenvalue weighted by Crippen LogP contribution is -2.49. The number of aryl methyl sites for hydroxylation is 1. The van der Waals surface area contributed by atoms with E-state index >= 15 is 0 Å². The first-order valence-corrected chi connectivity index (χ1v) is 14.3. The molecule has 0 aliphatic heterocycles. The summed E-state index contributed by atoms with van der Waals surface area (Å²) in [5, 5.41) is 20.4. The summed E-state index contributed by atoms with van der Waals surface area (Å²) in [6, 6.07) is 26.0. The molecular weight excluding hydrogens is 520 g/mol. The number of nitrogens with zero attached hydrogens (tertiary/aromatic N) is 2. The minimum absolute atomic E-state index is 0.0388. The van der Waals surface area contributed by atoms with Crippen molar-refractivity contribution in [2.75, 3.05) is 13.6 Å². The number of hydrogen-bond donors (Lipinski definition) is 3. The maximum absolute atomic E-state index is 13.4. The fraction of sp³-hybridized carbons (Fsp3) is 0.281. The first kappa shape index (κ1) is 29.1. The maximum Gasteiger partial charge on any atom is 0.253 e. The molecule has 3 N–H and O–H groups in total. The van der Waals surface area contributed by atoms with E-state index in [1.807, 2.05) is 79.9 Å². The molecule has 0 bridgehead atoms. The van der Waals surface area contributed by atoms with Crippen LogP contribution in [-0.4, -0.2) is 52.5 Å². The Morgan fingerprint density at radius 2 is 1.65 bits per heavy atom. The van der Waals surface area contributed by atoms with Gasteiger partial charge >= 0.3 is 0 Å². The first-order chi connectivity index (χ1) is 19.3. The summed E-state index contributed by atoms with van der Waals surface area (Å²) in [4.78, 5) is 32.5. The summed E-state index contributed by atoms with van der Waals surface area (Å²) < 4.78 is 0. The third-order valence-electron chi connectivity index (χ3n) is 6.77. The second-order valence-corrected chi connectivity index (χ2v) is 10.9. The molecule has 7 nitrogen and oxygen atoms in total. The van der Waals surface area contributed by atoms with Crippen molar-refractivity contribution in [1.82, 2.24) is 20.5 Å². The molecule has 4 aromatic rings. The predicted molar refractivity (Wildman–Crippen MR) is 159 cm³/mol. The van der Waals surface area contributed by atoms with Gasteiger partial charge in [-0.2, -0.15) is 0 Å². The zero-order valence-corrected chi connectivity index (χ0v) is 23.9. The van der Waals surface area contributed by atoms with Gasteiger partial charge in [-0.15, -0.1) is 11.3 Å². The average Bonchev–Trinajstić information content (AvgIpc) is 3.39. The summed E-state index contributed by atoms with van der Waals surface area (Å²) in [5.41, 5.74) is 3.83. The largest absolute Gasteiger partial charge is 0.390 e. The molecule has 0 aliphatic carbocycles. The first-order valence-electron chi connectivity index (χ1n) is 13.4. The van der Waals surface area contributed by atoms with Crippen molar-refractivity contribution >= 4 is 23.2 Å². The van der Waals surface area contributed by atoms with E-state index in [-0.39, 0.29) is 17.9 Å². The van der Waals surface area contributed by atoms with E-state index in [1.54, 1.807) is 36.2 Å². The molecule has 1 heterocycles. The van der Waals surface area contributed by atoms with Crippen LogP contribution in [0.1, 0.15) is 55.5 Å². The highest BCUT2D eigenvalue weighted by Crippen LogP contribution is 2.16. The van der Waals surface area contributed by atoms with Gasteiger partial charge in [-0.05, 0) is 49.6 Å². The second kappa shape index (κ2) is 14.0. The zero-order chi connectivity index (χ0) is 28.5. The number of carbonyl (C=O) groups is 2. The fourth-order valence-corrected chi connectivity index (χ4v) is 5.29. The van der Waals surface area contributed by atoms with Gasteiger partial charge in [0.05, 0.1) is 18.7 Å². The van der Waals surface area contributed by atoms with Gasteiger partial charge in [0.2, 0.25) is 0 Å². The molecule has 4 rings (SSSR count). The van der Waals surface area contributed by atoms with Crippen molar-refractivity contribution in [3.8, 4) is 0 Å². The number of aliphatic hydroxyl groups is 1. The molecule has 0 saturated carbocycles. The Kier molecular flexibility index (Phi) is 10.2. The topological polar surface area (TPSA) is 94.6 Å². The van der Waals surface area contributed by atoms with Gasteiger partial charge in [0, 0.05) is 41.8 Å². The molecule has 0 radical (unpaired) electrons. The summed E-state index contributed by atoms with van der Waals surface area (Å²) in [7, 11) is 1.72. The van der Waals surface area contributed by atoms with Crippen LogP contribution >= 0.6 is 11.3 Å². The molecule has 8 heteroatoms. The van der Waals surface area contributed by atoms with Gasteiger partial charge in [0.15, 0.2) is 0 Å². The number of amides is 2. The lowest BCUT2D eigenvalue weighted by Gasteiger charge is -2.26. The molecule has 0 spiro atoms. The molecule has 0 fully saturated rings. The van der Waals surface area contributed by atoms with Crippen molar-refractivity contribution in [3.05, 3.63) is 123 Å². The highest BCUT2D eigenvalue weighted by molar-refractivity contribution is 7.09. The SMILES string of the molecule is Cc1csc(CN(C)C(=O)c2cccc(C(=O)N[C@@H](Cc3ccccc3)[C@H](O)CN[C@H](C)c3ccccc3)c2)n1. The summed E-state index contributed by atoms with van der Waals surface area (Å²) >= 11 is 1.51. The Balaban J connectivity index is 1.44. The number of aromatic nitrogens is 1. The number of rotatable bonds is 12. The molecule has 2 amide bonds. The van der Waals surface area contributed by atoms with E-state index in [9.17, 15) is 14.7 Å². The van der Waals surface area contributed by atoms with E-state index in [4.69, 9.17) is 0 Å². The van der Waals surface area contributed by atoms with Crippen LogP contribution in [0.4, 0.5) is 0 Å². The highest BCUT2D eigenvalue weighted by atomic mass is 32.1. The van der Waals surface area contributed by atoms with Crippen LogP contribution < -0.4 is 10.6 Å². The van der Waals surface area contributed by atoms with Crippen molar-refractivity contribution in [1.29, 1.82) is 0 Å². The number of hydrogen-bond acceptors (Lipinski definition) is 6. The third kappa shape index (κ3) is 8.08. The second-order valence-electron chi connectivity index (χ2n) is 10.0. The van der Waals surface area contributed by atoms with E-state index in [0.717, 1.165) is 21.8 Å². The minimum Gasteiger partial charge on any atom is -0.390 e. The highest BCUT2D eigenvalue weighted by Gasteiger charge is 2.24. The molecule has 208 valence electrons. The van der Waals surface area contributed by atoms with Crippen LogP contribution in [0.3, 0.4) is 0 Å². The maximum atomic E-state index is 13.4. The van der Waals surface area contributed by atoms with Crippen molar-refractivity contribution in [2.45, 2.75) is 45.0 Å². The lowest BCUT2D eigenvalue weighted by molar-refractivity contribution is 0.0784. The number of aliphatic hydroxyl groups excluding tert-OH is 1. The van der Waals surface area contributed by atoms with Gasteiger partial charge < -0.3 is 20.6 Å². The van der Waals surface area contributed by atoms with E-state index in [2.05, 4.69) is 15.6 Å². The number of nitrogens with one attached hydrogen (secondary N) is 2. The molecule has 0 unspecified atom stereocenters. The molecule has 1 aromatic heterocycles. The average molecular weight is 557 g/mol. The predicted octanol–water partition coefficient (Wildman–Crippen LogP) is 4.78. The van der Waals surface area contributed by atoms with Crippen LogP contribution in [0.5, 0.6) is 0 Å². The summed E-state index contributed by atoms with van der Waals surface area (Å²) in [5.74, 6) is -0.536. The monoisotopic (exact) mass is 556 g/mol. The van der Waals surface area contributed by atoms with Gasteiger partial charge in [-0.1, -0.05) is 66.7 Å². The Labute approximate surface area is 239 Å². The van der Waals surface area contributed by atoms with Crippen LogP contribution in [0.25, 0.3) is 0 Å². The molecular formula is C32H36N4O3S. The van der Waals surface area contributed by atoms with Gasteiger partial charge in [-0.3, -0.25) is 9.59 Å².